The molecule has 4 nitrogen and oxygen atoms in total. The fourth-order valence-corrected chi connectivity index (χ4v) is 3.03. The summed E-state index contributed by atoms with van der Waals surface area (Å²) in [5, 5.41) is 13.9. The summed E-state index contributed by atoms with van der Waals surface area (Å²) in [7, 11) is 0. The van der Waals surface area contributed by atoms with Crippen molar-refractivity contribution in [3.05, 3.63) is 44.4 Å². The van der Waals surface area contributed by atoms with Gasteiger partial charge in [0.25, 0.3) is 0 Å². The number of anilines is 1. The summed E-state index contributed by atoms with van der Waals surface area (Å²) in [6.45, 7) is 2.36. The zero-order chi connectivity index (χ0) is 14.7. The molecule has 2 N–H and O–H groups in total. The number of hydrogen-bond acceptors (Lipinski definition) is 4. The van der Waals surface area contributed by atoms with Gasteiger partial charge in [0.2, 0.25) is 0 Å². The van der Waals surface area contributed by atoms with Crippen LogP contribution in [0.3, 0.4) is 0 Å². The highest BCUT2D eigenvalue weighted by atomic mass is 35.5. The second-order valence-corrected chi connectivity index (χ2v) is 6.19. The number of halogens is 2. The number of aromatic carboxylic acids is 1. The van der Waals surface area contributed by atoms with Crippen molar-refractivity contribution < 1.29 is 9.90 Å². The van der Waals surface area contributed by atoms with E-state index < -0.39 is 5.97 Å². The first-order valence-corrected chi connectivity index (χ1v) is 7.43. The van der Waals surface area contributed by atoms with Crippen molar-refractivity contribution in [3.8, 4) is 0 Å². The molecule has 0 aliphatic heterocycles. The number of thiazole rings is 1. The van der Waals surface area contributed by atoms with E-state index >= 15 is 0 Å². The lowest BCUT2D eigenvalue weighted by molar-refractivity contribution is 0.0690. The topological polar surface area (TPSA) is 62.2 Å². The molecule has 0 radical (unpaired) electrons. The minimum absolute atomic E-state index is 0.0991. The van der Waals surface area contributed by atoms with Crippen LogP contribution in [0.5, 0.6) is 0 Å². The van der Waals surface area contributed by atoms with E-state index in [1.807, 2.05) is 6.07 Å². The normalized spacial score (nSPS) is 10.6. The number of nitrogens with zero attached hydrogens (tertiary/aromatic N) is 1. The summed E-state index contributed by atoms with van der Waals surface area (Å²) < 4.78 is 0. The van der Waals surface area contributed by atoms with Crippen LogP contribution >= 0.6 is 34.5 Å². The van der Waals surface area contributed by atoms with Crippen LogP contribution < -0.4 is 5.32 Å². The maximum absolute atomic E-state index is 10.9. The first-order chi connectivity index (χ1) is 9.47. The third-order valence-electron chi connectivity index (χ3n) is 2.68. The molecule has 0 spiro atoms. The van der Waals surface area contributed by atoms with E-state index in [-0.39, 0.29) is 5.69 Å². The van der Waals surface area contributed by atoms with Crippen molar-refractivity contribution in [1.82, 2.24) is 4.98 Å². The van der Waals surface area contributed by atoms with E-state index in [1.165, 1.54) is 11.3 Å². The lowest BCUT2D eigenvalue weighted by atomic mass is 10.1. The van der Waals surface area contributed by atoms with Crippen molar-refractivity contribution in [3.63, 3.8) is 0 Å². The van der Waals surface area contributed by atoms with Crippen molar-refractivity contribution in [1.29, 1.82) is 0 Å². The number of hydrogen-bond donors (Lipinski definition) is 2. The molecule has 0 bridgehead atoms. The Morgan fingerprint density at radius 3 is 2.80 bits per heavy atom. The van der Waals surface area contributed by atoms with Crippen LogP contribution in [0.25, 0.3) is 0 Å². The van der Waals surface area contributed by atoms with Crippen LogP contribution in [0, 0.1) is 6.92 Å². The van der Waals surface area contributed by atoms with E-state index in [2.05, 4.69) is 10.3 Å². The number of nitrogens with one attached hydrogen (secondary N) is 1. The third-order valence-corrected chi connectivity index (χ3v) is 4.20. The van der Waals surface area contributed by atoms with Gasteiger partial charge in [-0.1, -0.05) is 29.3 Å². The minimum Gasteiger partial charge on any atom is -0.476 e. The Bertz CT molecular complexity index is 643. The van der Waals surface area contributed by atoms with Gasteiger partial charge >= 0.3 is 5.97 Å². The quantitative estimate of drug-likeness (QED) is 0.865. The monoisotopic (exact) mass is 330 g/mol. The van der Waals surface area contributed by atoms with E-state index in [1.54, 1.807) is 19.1 Å². The summed E-state index contributed by atoms with van der Waals surface area (Å²) in [6.07, 6.45) is 0.705. The van der Waals surface area contributed by atoms with Crippen LogP contribution in [0.1, 0.15) is 20.9 Å². The third kappa shape index (κ3) is 3.62. The zero-order valence-electron chi connectivity index (χ0n) is 10.6. The lowest BCUT2D eigenvalue weighted by Crippen LogP contribution is -2.06. The van der Waals surface area contributed by atoms with E-state index in [0.717, 1.165) is 5.56 Å². The van der Waals surface area contributed by atoms with Crippen molar-refractivity contribution >= 4 is 45.6 Å². The fraction of sp³-hybridized carbons (Fsp3) is 0.231. The van der Waals surface area contributed by atoms with Gasteiger partial charge in [-0.05, 0) is 31.0 Å². The molecule has 2 rings (SSSR count). The molecule has 20 heavy (non-hydrogen) atoms. The first kappa shape index (κ1) is 15.1. The van der Waals surface area contributed by atoms with Crippen molar-refractivity contribution in [2.75, 3.05) is 11.9 Å². The molecule has 7 heteroatoms. The minimum atomic E-state index is -1.01. The molecule has 0 aliphatic rings. The molecule has 2 aromatic rings. The number of benzene rings is 1. The Labute approximate surface area is 130 Å². The molecule has 0 fully saturated rings. The SMILES string of the molecule is Cc1sc(NCCc2ccc(Cl)cc2Cl)nc1C(=O)O. The Morgan fingerprint density at radius 2 is 2.20 bits per heavy atom. The van der Waals surface area contributed by atoms with Crippen molar-refractivity contribution in [2.24, 2.45) is 0 Å². The van der Waals surface area contributed by atoms with Crippen molar-refractivity contribution in [2.45, 2.75) is 13.3 Å². The van der Waals surface area contributed by atoms with Crippen LogP contribution in [0.15, 0.2) is 18.2 Å². The highest BCUT2D eigenvalue weighted by Crippen LogP contribution is 2.23. The number of aryl methyl sites for hydroxylation is 1. The molecule has 1 heterocycles. The summed E-state index contributed by atoms with van der Waals surface area (Å²) in [6, 6.07) is 5.37. The first-order valence-electron chi connectivity index (χ1n) is 5.86. The van der Waals surface area contributed by atoms with Crippen LogP contribution in [-0.2, 0) is 6.42 Å². The molecule has 0 amide bonds. The highest BCUT2D eigenvalue weighted by molar-refractivity contribution is 7.15. The molecule has 1 aromatic carbocycles. The molecule has 0 atom stereocenters. The van der Waals surface area contributed by atoms with Gasteiger partial charge in [-0.2, -0.15) is 0 Å². The Hall–Kier alpha value is -1.30. The second-order valence-electron chi connectivity index (χ2n) is 4.14. The van der Waals surface area contributed by atoms with E-state index in [4.69, 9.17) is 28.3 Å². The number of carboxylic acids is 1. The van der Waals surface area contributed by atoms with Gasteiger partial charge in [0.1, 0.15) is 0 Å². The summed E-state index contributed by atoms with van der Waals surface area (Å²) in [5.74, 6) is -1.01. The predicted octanol–water partition coefficient (Wildman–Crippen LogP) is 4.11. The summed E-state index contributed by atoms with van der Waals surface area (Å²) in [4.78, 5) is 15.6. The molecular formula is C13H12Cl2N2O2S. The molecule has 0 saturated carbocycles. The van der Waals surface area contributed by atoms with E-state index in [9.17, 15) is 4.79 Å². The molecule has 0 aliphatic carbocycles. The molecule has 106 valence electrons. The number of aromatic nitrogens is 1. The lowest BCUT2D eigenvalue weighted by Gasteiger charge is -2.05. The maximum Gasteiger partial charge on any atom is 0.355 e. The standard InChI is InChI=1S/C13H12Cl2N2O2S/c1-7-11(12(18)19)17-13(20-7)16-5-4-8-2-3-9(14)6-10(8)15/h2-3,6H,4-5H2,1H3,(H,16,17)(H,18,19). The number of rotatable bonds is 5. The molecule has 0 unspecified atom stereocenters. The van der Waals surface area contributed by atoms with Gasteiger partial charge < -0.3 is 10.4 Å². The van der Waals surface area contributed by atoms with Crippen LogP contribution in [0.4, 0.5) is 5.13 Å². The van der Waals surface area contributed by atoms with Gasteiger partial charge in [0, 0.05) is 21.5 Å². The number of carbonyl (C=O) groups is 1. The van der Waals surface area contributed by atoms with Gasteiger partial charge in [0.15, 0.2) is 10.8 Å². The summed E-state index contributed by atoms with van der Waals surface area (Å²) in [5.41, 5.74) is 1.08. The Kier molecular flexibility index (Phi) is 4.86. The van der Waals surface area contributed by atoms with Gasteiger partial charge in [-0.15, -0.1) is 11.3 Å². The van der Waals surface area contributed by atoms with Crippen LogP contribution in [-0.4, -0.2) is 22.6 Å². The van der Waals surface area contributed by atoms with Gasteiger partial charge in [0.05, 0.1) is 0 Å². The Morgan fingerprint density at radius 1 is 1.45 bits per heavy atom. The smallest absolute Gasteiger partial charge is 0.355 e. The van der Waals surface area contributed by atoms with E-state index in [0.29, 0.717) is 33.0 Å². The maximum atomic E-state index is 10.9. The second kappa shape index (κ2) is 6.43. The average molecular weight is 331 g/mol. The fourth-order valence-electron chi connectivity index (χ4n) is 1.70. The Balaban J connectivity index is 1.96. The van der Waals surface area contributed by atoms with Gasteiger partial charge in [-0.25, -0.2) is 9.78 Å². The number of carboxylic acid groups (broad SMARTS) is 1. The molecular weight excluding hydrogens is 319 g/mol. The predicted molar refractivity (Wildman–Crippen MR) is 82.5 cm³/mol. The molecule has 1 aromatic heterocycles. The van der Waals surface area contributed by atoms with Crippen LogP contribution in [0.2, 0.25) is 10.0 Å². The zero-order valence-corrected chi connectivity index (χ0v) is 12.9. The highest BCUT2D eigenvalue weighted by Gasteiger charge is 2.13. The van der Waals surface area contributed by atoms with Gasteiger partial charge in [-0.3, -0.25) is 0 Å². The largest absolute Gasteiger partial charge is 0.476 e. The molecule has 0 saturated heterocycles. The average Bonchev–Trinajstić information content (AvgIpc) is 2.73. The summed E-state index contributed by atoms with van der Waals surface area (Å²) >= 11 is 13.2.